The van der Waals surface area contributed by atoms with Crippen molar-refractivity contribution in [2.24, 2.45) is 0 Å². The molecule has 0 amide bonds. The van der Waals surface area contributed by atoms with Gasteiger partial charge in [0.15, 0.2) is 5.88 Å². The van der Waals surface area contributed by atoms with Crippen molar-refractivity contribution >= 4 is 22.4 Å². The van der Waals surface area contributed by atoms with Crippen LogP contribution >= 0.6 is 0 Å². The number of pyridine rings is 2. The van der Waals surface area contributed by atoms with Crippen molar-refractivity contribution in [1.29, 1.82) is 0 Å². The van der Waals surface area contributed by atoms with E-state index in [-0.39, 0.29) is 45.1 Å². The number of aliphatic hydroxyl groups excluding tert-OH is 1. The molecule has 0 saturated heterocycles. The van der Waals surface area contributed by atoms with Crippen molar-refractivity contribution in [3.8, 4) is 17.1 Å². The molecule has 172 valence electrons. The molecule has 0 radical (unpaired) electrons. The lowest BCUT2D eigenvalue weighted by molar-refractivity contribution is -0.131. The molecule has 0 aliphatic rings. The highest BCUT2D eigenvalue weighted by molar-refractivity contribution is 5.99. The summed E-state index contributed by atoms with van der Waals surface area (Å²) < 4.78 is 65.5. The van der Waals surface area contributed by atoms with E-state index in [1.54, 1.807) is 0 Å². The summed E-state index contributed by atoms with van der Waals surface area (Å²) in [5.74, 6) is -1.70. The zero-order valence-corrected chi connectivity index (χ0v) is 16.6. The normalized spacial score (nSPS) is 12.8. The third-order valence-corrected chi connectivity index (χ3v) is 4.71. The van der Waals surface area contributed by atoms with Crippen LogP contribution in [0.4, 0.5) is 33.5 Å². The van der Waals surface area contributed by atoms with Crippen LogP contribution in [-0.4, -0.2) is 37.9 Å². The molecule has 1 aromatic carbocycles. The summed E-state index contributed by atoms with van der Waals surface area (Å²) >= 11 is 0. The number of rotatable bonds is 6. The van der Waals surface area contributed by atoms with Crippen LogP contribution in [0, 0.1) is 11.6 Å². The zero-order valence-electron chi connectivity index (χ0n) is 16.6. The highest BCUT2D eigenvalue weighted by Gasteiger charge is 2.28. The predicted molar refractivity (Wildman–Crippen MR) is 110 cm³/mol. The number of aromatic hydroxyl groups is 1. The van der Waals surface area contributed by atoms with Gasteiger partial charge in [0.1, 0.15) is 23.7 Å². The fourth-order valence-corrected chi connectivity index (χ4v) is 3.21. The maximum Gasteiger partial charge on any atom is 0.401 e. The smallest absolute Gasteiger partial charge is 0.401 e. The summed E-state index contributed by atoms with van der Waals surface area (Å²) in [6.07, 6.45) is -3.57. The number of hydrogen-bond acceptors (Lipinski definition) is 6. The Labute approximate surface area is 182 Å². The second kappa shape index (κ2) is 8.64. The molecular formula is C21H16F5N5O2. The van der Waals surface area contributed by atoms with Crippen LogP contribution in [0.2, 0.25) is 0 Å². The minimum Gasteiger partial charge on any atom is -0.494 e. The van der Waals surface area contributed by atoms with Crippen molar-refractivity contribution < 1.29 is 32.2 Å². The van der Waals surface area contributed by atoms with E-state index in [1.807, 2.05) is 5.32 Å². The molecule has 0 saturated carbocycles. The Kier molecular flexibility index (Phi) is 5.87. The van der Waals surface area contributed by atoms with E-state index in [0.717, 1.165) is 18.3 Å². The Hall–Kier alpha value is -3.77. The molecule has 0 bridgehead atoms. The molecule has 7 nitrogen and oxygen atoms in total. The van der Waals surface area contributed by atoms with E-state index >= 15 is 0 Å². The van der Waals surface area contributed by atoms with Gasteiger partial charge in [-0.05, 0) is 30.3 Å². The molecule has 0 aliphatic heterocycles. The molecule has 3 heterocycles. The summed E-state index contributed by atoms with van der Waals surface area (Å²) in [6, 6.07) is 7.45. The molecule has 33 heavy (non-hydrogen) atoms. The summed E-state index contributed by atoms with van der Waals surface area (Å²) in [6.45, 7) is -1.38. The number of nitrogens with zero attached hydrogens (tertiary/aromatic N) is 2. The average Bonchev–Trinajstić information content (AvgIpc) is 3.13. The topological polar surface area (TPSA) is 106 Å². The van der Waals surface area contributed by atoms with Crippen molar-refractivity contribution in [2.75, 3.05) is 11.9 Å². The van der Waals surface area contributed by atoms with Crippen LogP contribution in [0.15, 0.2) is 48.8 Å². The second-order valence-corrected chi connectivity index (χ2v) is 7.05. The molecule has 0 aliphatic carbocycles. The van der Waals surface area contributed by atoms with Crippen molar-refractivity contribution in [2.45, 2.75) is 12.4 Å². The number of halogens is 5. The largest absolute Gasteiger partial charge is 0.494 e. The van der Waals surface area contributed by atoms with Crippen LogP contribution < -0.4 is 10.6 Å². The van der Waals surface area contributed by atoms with Gasteiger partial charge >= 0.3 is 6.18 Å². The van der Waals surface area contributed by atoms with Gasteiger partial charge in [0.05, 0.1) is 34.4 Å². The van der Waals surface area contributed by atoms with Crippen molar-refractivity contribution in [3.05, 3.63) is 66.0 Å². The highest BCUT2D eigenvalue weighted by atomic mass is 19.4. The van der Waals surface area contributed by atoms with E-state index in [1.165, 1.54) is 30.5 Å². The van der Waals surface area contributed by atoms with Gasteiger partial charge in [-0.15, -0.1) is 0 Å². The van der Waals surface area contributed by atoms with E-state index in [9.17, 15) is 32.2 Å². The number of benzene rings is 1. The fraction of sp³-hybridized carbons (Fsp3) is 0.143. The van der Waals surface area contributed by atoms with Gasteiger partial charge in [0.2, 0.25) is 0 Å². The molecule has 12 heteroatoms. The summed E-state index contributed by atoms with van der Waals surface area (Å²) in [5.41, 5.74) is 0.127. The summed E-state index contributed by atoms with van der Waals surface area (Å²) in [4.78, 5) is 10.8. The Morgan fingerprint density at radius 3 is 2.45 bits per heavy atom. The lowest BCUT2D eigenvalue weighted by atomic mass is 10.1. The summed E-state index contributed by atoms with van der Waals surface area (Å²) in [5, 5.41) is 25.0. The average molecular weight is 465 g/mol. The van der Waals surface area contributed by atoms with Crippen molar-refractivity contribution in [1.82, 2.24) is 20.3 Å². The quantitative estimate of drug-likeness (QED) is 0.212. The monoisotopic (exact) mass is 465 g/mol. The number of hydrogen-bond donors (Lipinski definition) is 5. The molecule has 4 rings (SSSR count). The van der Waals surface area contributed by atoms with Gasteiger partial charge in [-0.2, -0.15) is 13.2 Å². The number of aromatic amines is 1. The lowest BCUT2D eigenvalue weighted by Crippen LogP contribution is -2.32. The number of anilines is 2. The molecule has 1 atom stereocenters. The molecule has 0 spiro atoms. The first-order valence-corrected chi connectivity index (χ1v) is 9.49. The lowest BCUT2D eigenvalue weighted by Gasteiger charge is -2.15. The molecule has 1 unspecified atom stereocenters. The van der Waals surface area contributed by atoms with Gasteiger partial charge in [0, 0.05) is 18.0 Å². The summed E-state index contributed by atoms with van der Waals surface area (Å²) in [7, 11) is 0. The minimum atomic E-state index is -4.49. The van der Waals surface area contributed by atoms with Gasteiger partial charge < -0.3 is 20.5 Å². The number of aliphatic hydroxyl groups is 1. The Morgan fingerprint density at radius 1 is 1.09 bits per heavy atom. The van der Waals surface area contributed by atoms with Gasteiger partial charge in [-0.1, -0.05) is 6.07 Å². The van der Waals surface area contributed by atoms with Crippen LogP contribution in [0.1, 0.15) is 11.8 Å². The number of alkyl halides is 3. The highest BCUT2D eigenvalue weighted by Crippen LogP contribution is 2.36. The number of aromatic nitrogens is 3. The second-order valence-electron chi connectivity index (χ2n) is 7.05. The third-order valence-electron chi connectivity index (χ3n) is 4.71. The first-order valence-electron chi connectivity index (χ1n) is 9.49. The van der Waals surface area contributed by atoms with Gasteiger partial charge in [-0.3, -0.25) is 5.32 Å². The van der Waals surface area contributed by atoms with E-state index in [4.69, 9.17) is 0 Å². The van der Waals surface area contributed by atoms with Gasteiger partial charge in [-0.25, -0.2) is 18.7 Å². The van der Waals surface area contributed by atoms with Crippen LogP contribution in [-0.2, 0) is 0 Å². The van der Waals surface area contributed by atoms with Crippen molar-refractivity contribution in [3.63, 3.8) is 0 Å². The van der Waals surface area contributed by atoms with E-state index in [0.29, 0.717) is 0 Å². The predicted octanol–water partition coefficient (Wildman–Crippen LogP) is 4.50. The standard InChI is InChI=1S/C21H16F5N5O2/c22-11-2-1-3-12(23)17(11)13-6-14(18-15(30-13)8-28-20(18)33)31-16-5-4-10(7-27-16)19(32)29-9-21(24,25)26/h1-8,19,28-29,32-33H,9H2,(H,27,31). The minimum absolute atomic E-state index is 0.0389. The van der Waals surface area contributed by atoms with Crippen LogP contribution in [0.5, 0.6) is 5.88 Å². The van der Waals surface area contributed by atoms with Gasteiger partial charge in [0.25, 0.3) is 0 Å². The number of nitrogens with one attached hydrogen (secondary N) is 3. The maximum absolute atomic E-state index is 14.3. The molecule has 3 aromatic heterocycles. The molecule has 5 N–H and O–H groups in total. The first-order chi connectivity index (χ1) is 15.6. The van der Waals surface area contributed by atoms with Crippen LogP contribution in [0.25, 0.3) is 22.2 Å². The van der Waals surface area contributed by atoms with Crippen LogP contribution in [0.3, 0.4) is 0 Å². The van der Waals surface area contributed by atoms with E-state index in [2.05, 4.69) is 20.3 Å². The Balaban J connectivity index is 1.65. The SMILES string of the molecule is Oc1[nH]cc2nc(-c3c(F)cccc3F)cc(Nc3ccc(C(O)NCC(F)(F)F)cn3)c12. The molecule has 4 aromatic rings. The van der Waals surface area contributed by atoms with E-state index < -0.39 is 30.6 Å². The number of fused-ring (bicyclic) bond motifs is 1. The molecule has 0 fully saturated rings. The zero-order chi connectivity index (χ0) is 23.8. The molecular weight excluding hydrogens is 449 g/mol. The number of H-pyrrole nitrogens is 1. The maximum atomic E-state index is 14.3. The third kappa shape index (κ3) is 4.86. The first kappa shape index (κ1) is 22.4. The Bertz CT molecular complexity index is 1270. The fourth-order valence-electron chi connectivity index (χ4n) is 3.21. The Morgan fingerprint density at radius 2 is 1.82 bits per heavy atom.